The van der Waals surface area contributed by atoms with Crippen molar-refractivity contribution in [1.29, 1.82) is 0 Å². The molecule has 0 saturated carbocycles. The molecule has 0 atom stereocenters. The summed E-state index contributed by atoms with van der Waals surface area (Å²) in [5, 5.41) is 0. The maximum atomic E-state index is 10.1. The third-order valence-corrected chi connectivity index (χ3v) is 3.19. The van der Waals surface area contributed by atoms with E-state index in [1.54, 1.807) is 0 Å². The zero-order chi connectivity index (χ0) is 11.9. The highest BCUT2D eigenvalue weighted by Gasteiger charge is 1.94. The lowest BCUT2D eigenvalue weighted by Gasteiger charge is -1.98. The van der Waals surface area contributed by atoms with E-state index in [0.717, 1.165) is 18.6 Å². The lowest BCUT2D eigenvalue weighted by Crippen LogP contribution is -1.80. The van der Waals surface area contributed by atoms with Gasteiger partial charge in [-0.2, -0.15) is 0 Å². The molecule has 0 radical (unpaired) electrons. The molecular formula is C14H27OS+. The molecular weight excluding hydrogens is 216 g/mol. The van der Waals surface area contributed by atoms with Crippen molar-refractivity contribution < 1.29 is 4.21 Å². The molecule has 16 heavy (non-hydrogen) atoms. The van der Waals surface area contributed by atoms with E-state index in [1.165, 1.54) is 51.4 Å². The van der Waals surface area contributed by atoms with E-state index in [4.69, 9.17) is 0 Å². The van der Waals surface area contributed by atoms with Crippen molar-refractivity contribution in [3.8, 4) is 0 Å². The zero-order valence-electron chi connectivity index (χ0n) is 10.7. The molecule has 0 spiro atoms. The van der Waals surface area contributed by atoms with Gasteiger partial charge in [-0.1, -0.05) is 57.6 Å². The third kappa shape index (κ3) is 13.8. The highest BCUT2D eigenvalue weighted by molar-refractivity contribution is 7.65. The van der Waals surface area contributed by atoms with Crippen LogP contribution in [0.3, 0.4) is 0 Å². The number of allylic oxidation sites excluding steroid dienone is 2. The van der Waals surface area contributed by atoms with Gasteiger partial charge in [0.05, 0.1) is 0 Å². The third-order valence-electron chi connectivity index (χ3n) is 2.74. The molecule has 0 unspecified atom stereocenters. The largest absolute Gasteiger partial charge is 0.458 e. The molecule has 0 N–H and O–H groups in total. The van der Waals surface area contributed by atoms with Gasteiger partial charge in [-0.3, -0.25) is 0 Å². The van der Waals surface area contributed by atoms with Gasteiger partial charge in [0.25, 0.3) is 0 Å². The molecule has 0 rings (SSSR count). The number of unbranched alkanes of at least 4 members (excludes halogenated alkanes) is 8. The molecule has 0 bridgehead atoms. The average Bonchev–Trinajstić information content (AvgIpc) is 2.31. The maximum absolute atomic E-state index is 10.1. The van der Waals surface area contributed by atoms with E-state index in [0.29, 0.717) is 11.7 Å². The Morgan fingerprint density at radius 1 is 0.812 bits per heavy atom. The fourth-order valence-electron chi connectivity index (χ4n) is 1.72. The van der Waals surface area contributed by atoms with Crippen LogP contribution in [-0.4, -0.2) is 5.75 Å². The molecule has 0 saturated heterocycles. The minimum absolute atomic E-state index is 0.699. The van der Waals surface area contributed by atoms with Crippen molar-refractivity contribution in [3.05, 3.63) is 12.2 Å². The average molecular weight is 243 g/mol. The van der Waals surface area contributed by atoms with Crippen LogP contribution >= 0.6 is 0 Å². The van der Waals surface area contributed by atoms with Gasteiger partial charge in [0.2, 0.25) is 5.75 Å². The minimum Gasteiger partial charge on any atom is -0.0885 e. The first-order chi connectivity index (χ1) is 7.91. The van der Waals surface area contributed by atoms with E-state index in [2.05, 4.69) is 19.1 Å². The van der Waals surface area contributed by atoms with Crippen LogP contribution < -0.4 is 0 Å². The van der Waals surface area contributed by atoms with Gasteiger partial charge in [0, 0.05) is 10.6 Å². The molecule has 2 heteroatoms. The fourth-order valence-corrected chi connectivity index (χ4v) is 2.00. The van der Waals surface area contributed by atoms with Crippen molar-refractivity contribution in [2.45, 2.75) is 71.1 Å². The van der Waals surface area contributed by atoms with Crippen molar-refractivity contribution >= 4 is 11.7 Å². The summed E-state index contributed by atoms with van der Waals surface area (Å²) < 4.78 is 10.1. The lowest BCUT2D eigenvalue weighted by molar-refractivity contribution is 0.592. The van der Waals surface area contributed by atoms with Gasteiger partial charge < -0.3 is 0 Å². The first-order valence-electron chi connectivity index (χ1n) is 6.81. The van der Waals surface area contributed by atoms with E-state index in [1.807, 2.05) is 0 Å². The van der Waals surface area contributed by atoms with Crippen LogP contribution in [0.5, 0.6) is 0 Å². The summed E-state index contributed by atoms with van der Waals surface area (Å²) in [5.41, 5.74) is 0. The van der Waals surface area contributed by atoms with Gasteiger partial charge in [0.1, 0.15) is 0 Å². The molecule has 0 amide bonds. The van der Waals surface area contributed by atoms with E-state index < -0.39 is 0 Å². The van der Waals surface area contributed by atoms with Gasteiger partial charge >= 0.3 is 11.7 Å². The summed E-state index contributed by atoms with van der Waals surface area (Å²) >= 11 is 0.699. The molecule has 0 aliphatic rings. The predicted octanol–water partition coefficient (Wildman–Crippen LogP) is 4.89. The molecule has 0 aliphatic heterocycles. The molecule has 0 aromatic rings. The van der Waals surface area contributed by atoms with Gasteiger partial charge in [-0.25, -0.2) is 0 Å². The normalized spacial score (nSPS) is 11.1. The first kappa shape index (κ1) is 15.8. The standard InChI is InChI=1S/C14H27OS/c1-2-3-4-5-6-7-8-9-10-11-12-13-14-16-15/h10-11H,2-9,12-14H2,1H3/q+1. The Labute approximate surface area is 105 Å². The molecule has 94 valence electrons. The highest BCUT2D eigenvalue weighted by atomic mass is 32.1. The second kappa shape index (κ2) is 14.8. The van der Waals surface area contributed by atoms with Crippen LogP contribution in [0.15, 0.2) is 12.2 Å². The first-order valence-corrected chi connectivity index (χ1v) is 7.72. The Morgan fingerprint density at radius 3 is 2.00 bits per heavy atom. The second-order valence-corrected chi connectivity index (χ2v) is 4.99. The van der Waals surface area contributed by atoms with Crippen molar-refractivity contribution in [3.63, 3.8) is 0 Å². The highest BCUT2D eigenvalue weighted by Crippen LogP contribution is 2.08. The monoisotopic (exact) mass is 243 g/mol. The van der Waals surface area contributed by atoms with E-state index >= 15 is 0 Å². The van der Waals surface area contributed by atoms with Gasteiger partial charge in [-0.05, 0) is 19.3 Å². The van der Waals surface area contributed by atoms with Gasteiger partial charge in [-0.15, -0.1) is 0 Å². The van der Waals surface area contributed by atoms with Crippen LogP contribution in [0.4, 0.5) is 0 Å². The molecule has 1 nitrogen and oxygen atoms in total. The topological polar surface area (TPSA) is 17.1 Å². The second-order valence-electron chi connectivity index (χ2n) is 4.35. The van der Waals surface area contributed by atoms with Crippen LogP contribution in [0.2, 0.25) is 0 Å². The maximum Gasteiger partial charge on any atom is 0.458 e. The predicted molar refractivity (Wildman–Crippen MR) is 73.9 cm³/mol. The molecule has 0 heterocycles. The summed E-state index contributed by atoms with van der Waals surface area (Å²) in [6.07, 6.45) is 17.5. The summed E-state index contributed by atoms with van der Waals surface area (Å²) in [6, 6.07) is 0. The van der Waals surface area contributed by atoms with Crippen molar-refractivity contribution in [1.82, 2.24) is 0 Å². The smallest absolute Gasteiger partial charge is 0.0885 e. The van der Waals surface area contributed by atoms with Crippen LogP contribution in [-0.2, 0) is 15.9 Å². The van der Waals surface area contributed by atoms with Gasteiger partial charge in [0.15, 0.2) is 0 Å². The van der Waals surface area contributed by atoms with Crippen LogP contribution in [0.25, 0.3) is 0 Å². The molecule has 0 aliphatic carbocycles. The Kier molecular flexibility index (Phi) is 14.5. The fraction of sp³-hybridized carbons (Fsp3) is 0.857. The Balaban J connectivity index is 2.99. The minimum atomic E-state index is 0.699. The Morgan fingerprint density at radius 2 is 1.38 bits per heavy atom. The molecule has 0 fully saturated rings. The van der Waals surface area contributed by atoms with E-state index in [-0.39, 0.29) is 0 Å². The number of hydrogen-bond acceptors (Lipinski definition) is 1. The van der Waals surface area contributed by atoms with Crippen LogP contribution in [0.1, 0.15) is 71.1 Å². The summed E-state index contributed by atoms with van der Waals surface area (Å²) in [5.74, 6) is 0.752. The van der Waals surface area contributed by atoms with Crippen LogP contribution in [0, 0.1) is 0 Å². The Hall–Kier alpha value is -0.240. The summed E-state index contributed by atoms with van der Waals surface area (Å²) in [4.78, 5) is 0. The van der Waals surface area contributed by atoms with E-state index in [9.17, 15) is 4.21 Å². The Bertz CT molecular complexity index is 166. The summed E-state index contributed by atoms with van der Waals surface area (Å²) in [7, 11) is 0. The SMILES string of the molecule is CCCCCCCCCC=CCCC[S+]=O. The van der Waals surface area contributed by atoms with Crippen molar-refractivity contribution in [2.75, 3.05) is 5.75 Å². The number of hydrogen-bond donors (Lipinski definition) is 0. The molecule has 0 aromatic carbocycles. The number of rotatable bonds is 12. The lowest BCUT2D eigenvalue weighted by atomic mass is 10.1. The zero-order valence-corrected chi connectivity index (χ0v) is 11.6. The van der Waals surface area contributed by atoms with Crippen molar-refractivity contribution in [2.24, 2.45) is 0 Å². The molecule has 0 aromatic heterocycles. The quantitative estimate of drug-likeness (QED) is 0.271. The summed E-state index contributed by atoms with van der Waals surface area (Å²) in [6.45, 7) is 2.26.